The van der Waals surface area contributed by atoms with E-state index in [0.717, 1.165) is 21.2 Å². The predicted molar refractivity (Wildman–Crippen MR) is 105 cm³/mol. The summed E-state index contributed by atoms with van der Waals surface area (Å²) in [4.78, 5) is 17.3. The highest BCUT2D eigenvalue weighted by atomic mass is 35.5. The number of esters is 1. The van der Waals surface area contributed by atoms with Crippen LogP contribution in [0.3, 0.4) is 0 Å². The molecule has 0 saturated heterocycles. The molecule has 0 saturated carbocycles. The van der Waals surface area contributed by atoms with E-state index in [2.05, 4.69) is 11.1 Å². The number of ether oxygens (including phenoxy) is 3. The third-order valence-electron chi connectivity index (χ3n) is 4.30. The number of aliphatic imine (C=N–C) groups is 1. The first kappa shape index (κ1) is 16.4. The van der Waals surface area contributed by atoms with Crippen LogP contribution in [-0.2, 0) is 9.53 Å². The van der Waals surface area contributed by atoms with Crippen molar-refractivity contribution in [2.45, 2.75) is 6.92 Å². The van der Waals surface area contributed by atoms with Gasteiger partial charge in [-0.2, -0.15) is 0 Å². The van der Waals surface area contributed by atoms with Crippen LogP contribution in [0.15, 0.2) is 47.1 Å². The summed E-state index contributed by atoms with van der Waals surface area (Å²) in [5, 5.41) is 1.47. The maximum Gasteiger partial charge on any atom is 0.363 e. The second kappa shape index (κ2) is 6.11. The van der Waals surface area contributed by atoms with E-state index in [9.17, 15) is 4.79 Å². The second-order valence-electron chi connectivity index (χ2n) is 6.19. The SMILES string of the molecule is Cc1ccc2c(Cl)c(C3=N/C(=C/c4ccc5c(c4)OCO5)C(=O)O3)sc2c1. The summed E-state index contributed by atoms with van der Waals surface area (Å²) in [7, 11) is 0. The molecule has 0 radical (unpaired) electrons. The lowest BCUT2D eigenvalue weighted by Gasteiger charge is -1.97. The molecule has 134 valence electrons. The lowest BCUT2D eigenvalue weighted by atomic mass is 10.1. The number of rotatable bonds is 2. The lowest BCUT2D eigenvalue weighted by molar-refractivity contribution is -0.129. The minimum absolute atomic E-state index is 0.198. The molecule has 3 aromatic rings. The molecule has 2 aliphatic rings. The smallest absolute Gasteiger partial charge is 0.363 e. The molecule has 0 spiro atoms. The van der Waals surface area contributed by atoms with Gasteiger partial charge in [-0.05, 0) is 42.3 Å². The third kappa shape index (κ3) is 2.78. The second-order valence-corrected chi connectivity index (χ2v) is 7.62. The third-order valence-corrected chi connectivity index (χ3v) is 5.94. The lowest BCUT2D eigenvalue weighted by Crippen LogP contribution is -2.04. The van der Waals surface area contributed by atoms with E-state index >= 15 is 0 Å². The Labute approximate surface area is 163 Å². The summed E-state index contributed by atoms with van der Waals surface area (Å²) >= 11 is 7.96. The Morgan fingerprint density at radius 3 is 2.89 bits per heavy atom. The topological polar surface area (TPSA) is 57.1 Å². The van der Waals surface area contributed by atoms with E-state index in [-0.39, 0.29) is 18.4 Å². The van der Waals surface area contributed by atoms with E-state index in [1.54, 1.807) is 18.2 Å². The van der Waals surface area contributed by atoms with Gasteiger partial charge in [0.25, 0.3) is 0 Å². The number of benzene rings is 2. The first-order chi connectivity index (χ1) is 13.1. The molecule has 27 heavy (non-hydrogen) atoms. The van der Waals surface area contributed by atoms with Crippen molar-refractivity contribution in [3.63, 3.8) is 0 Å². The fourth-order valence-corrected chi connectivity index (χ4v) is 4.51. The molecule has 0 unspecified atom stereocenters. The molecule has 2 aromatic carbocycles. The maximum atomic E-state index is 12.3. The zero-order valence-electron chi connectivity index (χ0n) is 14.1. The number of nitrogens with zero attached hydrogens (tertiary/aromatic N) is 1. The standard InChI is InChI=1S/C20H12ClNO4S/c1-10-2-4-12-16(6-10)27-18(17(12)21)19-22-13(20(23)26-19)7-11-3-5-14-15(8-11)25-9-24-14/h2-8H,9H2,1H3/b13-7+. The molecule has 3 heterocycles. The van der Waals surface area contributed by atoms with Crippen LogP contribution >= 0.6 is 22.9 Å². The van der Waals surface area contributed by atoms with Gasteiger partial charge in [0.1, 0.15) is 4.88 Å². The first-order valence-electron chi connectivity index (χ1n) is 8.20. The van der Waals surface area contributed by atoms with E-state index < -0.39 is 5.97 Å². The number of hydrogen-bond acceptors (Lipinski definition) is 6. The Bertz CT molecular complexity index is 1180. The van der Waals surface area contributed by atoms with Crippen LogP contribution in [0.1, 0.15) is 16.0 Å². The van der Waals surface area contributed by atoms with Gasteiger partial charge in [-0.15, -0.1) is 11.3 Å². The molecule has 1 aromatic heterocycles. The van der Waals surface area contributed by atoms with Gasteiger partial charge in [-0.1, -0.05) is 29.8 Å². The monoisotopic (exact) mass is 397 g/mol. The highest BCUT2D eigenvalue weighted by Crippen LogP contribution is 2.38. The largest absolute Gasteiger partial charge is 0.454 e. The molecular formula is C20H12ClNO4S. The Balaban J connectivity index is 1.54. The van der Waals surface area contributed by atoms with Crippen LogP contribution in [0.2, 0.25) is 5.02 Å². The van der Waals surface area contributed by atoms with Gasteiger partial charge in [-0.25, -0.2) is 9.79 Å². The van der Waals surface area contributed by atoms with Crippen molar-refractivity contribution < 1.29 is 19.0 Å². The minimum Gasteiger partial charge on any atom is -0.454 e. The molecule has 0 bridgehead atoms. The number of aryl methyl sites for hydroxylation is 1. The fraction of sp³-hybridized carbons (Fsp3) is 0.100. The predicted octanol–water partition coefficient (Wildman–Crippen LogP) is 4.94. The van der Waals surface area contributed by atoms with Gasteiger partial charge < -0.3 is 14.2 Å². The zero-order valence-corrected chi connectivity index (χ0v) is 15.7. The molecule has 0 N–H and O–H groups in total. The van der Waals surface area contributed by atoms with Crippen LogP contribution < -0.4 is 9.47 Å². The quantitative estimate of drug-likeness (QED) is 0.454. The molecule has 0 fully saturated rings. The Morgan fingerprint density at radius 2 is 2.00 bits per heavy atom. The number of halogens is 1. The summed E-state index contributed by atoms with van der Waals surface area (Å²) in [6.07, 6.45) is 1.66. The number of cyclic esters (lactones) is 1. The van der Waals surface area contributed by atoms with E-state index in [4.69, 9.17) is 25.8 Å². The Morgan fingerprint density at radius 1 is 1.15 bits per heavy atom. The van der Waals surface area contributed by atoms with E-state index in [0.29, 0.717) is 21.4 Å². The van der Waals surface area contributed by atoms with Gasteiger partial charge in [-0.3, -0.25) is 0 Å². The fourth-order valence-electron chi connectivity index (χ4n) is 2.98. The van der Waals surface area contributed by atoms with Crippen molar-refractivity contribution in [2.24, 2.45) is 4.99 Å². The number of thiophene rings is 1. The zero-order chi connectivity index (χ0) is 18.5. The average Bonchev–Trinajstić information content (AvgIpc) is 3.33. The molecule has 0 aliphatic carbocycles. The number of hydrogen-bond donors (Lipinski definition) is 0. The summed E-state index contributed by atoms with van der Waals surface area (Å²) in [5.74, 6) is 1.05. The van der Waals surface area contributed by atoms with Crippen LogP contribution in [-0.4, -0.2) is 18.7 Å². The molecule has 5 nitrogen and oxygen atoms in total. The van der Waals surface area contributed by atoms with Crippen molar-refractivity contribution in [2.75, 3.05) is 6.79 Å². The van der Waals surface area contributed by atoms with Crippen molar-refractivity contribution in [1.29, 1.82) is 0 Å². The van der Waals surface area contributed by atoms with Gasteiger partial charge in [0.2, 0.25) is 12.7 Å². The van der Waals surface area contributed by atoms with Gasteiger partial charge in [0.05, 0.1) is 5.02 Å². The Hall–Kier alpha value is -2.83. The summed E-state index contributed by atoms with van der Waals surface area (Å²) < 4.78 is 17.1. The average molecular weight is 398 g/mol. The van der Waals surface area contributed by atoms with Crippen LogP contribution in [0, 0.1) is 6.92 Å². The summed E-state index contributed by atoms with van der Waals surface area (Å²) in [6.45, 7) is 2.22. The van der Waals surface area contributed by atoms with Gasteiger partial charge in [0, 0.05) is 10.1 Å². The van der Waals surface area contributed by atoms with Gasteiger partial charge >= 0.3 is 5.97 Å². The van der Waals surface area contributed by atoms with Crippen LogP contribution in [0.25, 0.3) is 16.2 Å². The summed E-state index contributed by atoms with van der Waals surface area (Å²) in [5.41, 5.74) is 2.13. The maximum absolute atomic E-state index is 12.3. The molecule has 0 amide bonds. The molecule has 5 rings (SSSR count). The van der Waals surface area contributed by atoms with Crippen LogP contribution in [0.4, 0.5) is 0 Å². The van der Waals surface area contributed by atoms with E-state index in [1.807, 2.05) is 25.1 Å². The van der Waals surface area contributed by atoms with Crippen LogP contribution in [0.5, 0.6) is 11.5 Å². The molecule has 0 atom stereocenters. The number of fused-ring (bicyclic) bond motifs is 2. The highest BCUT2D eigenvalue weighted by molar-refractivity contribution is 7.21. The summed E-state index contributed by atoms with van der Waals surface area (Å²) in [6, 6.07) is 11.4. The number of carbonyl (C=O) groups excluding carboxylic acids is 1. The number of carbonyl (C=O) groups is 1. The van der Waals surface area contributed by atoms with Crippen molar-refractivity contribution in [3.8, 4) is 11.5 Å². The molecular weight excluding hydrogens is 386 g/mol. The molecule has 2 aliphatic heterocycles. The van der Waals surface area contributed by atoms with E-state index in [1.165, 1.54) is 11.3 Å². The van der Waals surface area contributed by atoms with Crippen molar-refractivity contribution >= 4 is 51.0 Å². The van der Waals surface area contributed by atoms with Gasteiger partial charge in [0.15, 0.2) is 17.2 Å². The Kier molecular flexibility index (Phi) is 3.70. The highest BCUT2D eigenvalue weighted by Gasteiger charge is 2.28. The van der Waals surface area contributed by atoms with Crippen molar-refractivity contribution in [1.82, 2.24) is 0 Å². The minimum atomic E-state index is -0.507. The normalized spacial score (nSPS) is 16.9. The van der Waals surface area contributed by atoms with Crippen molar-refractivity contribution in [3.05, 3.63) is 63.1 Å². The first-order valence-corrected chi connectivity index (χ1v) is 9.39. The molecule has 7 heteroatoms.